The van der Waals surface area contributed by atoms with E-state index < -0.39 is 10.0 Å². The fraction of sp³-hybridized carbons (Fsp3) is 0.400. The number of aryl methyl sites for hydroxylation is 2. The molecule has 0 spiro atoms. The Morgan fingerprint density at radius 1 is 1.36 bits per heavy atom. The molecule has 0 aliphatic heterocycles. The highest BCUT2D eigenvalue weighted by Crippen LogP contribution is 2.36. The van der Waals surface area contributed by atoms with Gasteiger partial charge >= 0.3 is 0 Å². The first-order valence-corrected chi connectivity index (χ1v) is 8.97. The third kappa shape index (κ3) is 2.45. The predicted molar refractivity (Wildman–Crippen MR) is 85.3 cm³/mol. The Hall–Kier alpha value is -1.37. The minimum absolute atomic E-state index is 0.0813. The number of hydrogen-bond donors (Lipinski definition) is 0. The largest absolute Gasteiger partial charge is 0.324 e. The van der Waals surface area contributed by atoms with Gasteiger partial charge in [-0.2, -0.15) is 4.31 Å². The topological polar surface area (TPSA) is 55.2 Å². The number of benzene rings is 1. The van der Waals surface area contributed by atoms with Crippen molar-refractivity contribution in [2.24, 2.45) is 7.05 Å². The van der Waals surface area contributed by atoms with Crippen molar-refractivity contribution in [3.05, 3.63) is 46.9 Å². The van der Waals surface area contributed by atoms with E-state index in [1.807, 2.05) is 18.2 Å². The molecule has 1 aliphatic carbocycles. The van der Waals surface area contributed by atoms with E-state index in [-0.39, 0.29) is 16.2 Å². The van der Waals surface area contributed by atoms with Crippen LogP contribution in [-0.4, -0.2) is 29.3 Å². The van der Waals surface area contributed by atoms with Crippen LogP contribution in [-0.2, 0) is 23.5 Å². The van der Waals surface area contributed by atoms with Gasteiger partial charge in [-0.05, 0) is 30.4 Å². The third-order valence-electron chi connectivity index (χ3n) is 4.23. The van der Waals surface area contributed by atoms with E-state index in [4.69, 9.17) is 11.6 Å². The maximum atomic E-state index is 12.8. The minimum Gasteiger partial charge on any atom is -0.324 e. The number of aromatic nitrogens is 2. The molecule has 7 heteroatoms. The summed E-state index contributed by atoms with van der Waals surface area (Å²) in [6.45, 7) is 0. The summed E-state index contributed by atoms with van der Waals surface area (Å²) in [6, 6.07) is 7.84. The van der Waals surface area contributed by atoms with Gasteiger partial charge in [0.15, 0.2) is 0 Å². The molecule has 0 saturated heterocycles. The summed E-state index contributed by atoms with van der Waals surface area (Å²) in [7, 11) is -0.447. The van der Waals surface area contributed by atoms with Crippen molar-refractivity contribution in [1.82, 2.24) is 13.9 Å². The molecule has 118 valence electrons. The Balaban J connectivity index is 2.01. The van der Waals surface area contributed by atoms with Crippen LogP contribution in [0.15, 0.2) is 35.6 Å². The number of rotatable bonds is 3. The predicted octanol–water partition coefficient (Wildman–Crippen LogP) is 2.77. The van der Waals surface area contributed by atoms with Crippen LogP contribution in [0.1, 0.15) is 30.0 Å². The van der Waals surface area contributed by atoms with E-state index in [9.17, 15) is 8.42 Å². The summed E-state index contributed by atoms with van der Waals surface area (Å²) in [5.41, 5.74) is 2.29. The average Bonchev–Trinajstić information content (AvgIpc) is 2.86. The highest BCUT2D eigenvalue weighted by atomic mass is 35.5. The molecule has 0 saturated carbocycles. The quantitative estimate of drug-likeness (QED) is 0.864. The number of hydrogen-bond acceptors (Lipinski definition) is 3. The maximum absolute atomic E-state index is 12.8. The molecule has 1 heterocycles. The van der Waals surface area contributed by atoms with Crippen molar-refractivity contribution in [3.8, 4) is 0 Å². The van der Waals surface area contributed by atoms with Gasteiger partial charge in [0.25, 0.3) is 10.0 Å². The van der Waals surface area contributed by atoms with Gasteiger partial charge in [-0.25, -0.2) is 13.4 Å². The second-order valence-corrected chi connectivity index (χ2v) is 7.85. The third-order valence-corrected chi connectivity index (χ3v) is 6.59. The first-order valence-electron chi connectivity index (χ1n) is 7.15. The molecule has 1 atom stereocenters. The highest BCUT2D eigenvalue weighted by Gasteiger charge is 2.34. The lowest BCUT2D eigenvalue weighted by molar-refractivity contribution is 0.336. The highest BCUT2D eigenvalue weighted by molar-refractivity contribution is 7.89. The first-order chi connectivity index (χ1) is 10.4. The fourth-order valence-electron chi connectivity index (χ4n) is 2.98. The first kappa shape index (κ1) is 15.5. The lowest BCUT2D eigenvalue weighted by atomic mass is 9.88. The van der Waals surface area contributed by atoms with Gasteiger partial charge in [0.1, 0.15) is 5.15 Å². The summed E-state index contributed by atoms with van der Waals surface area (Å²) in [6.07, 6.45) is 4.18. The van der Waals surface area contributed by atoms with E-state index in [2.05, 4.69) is 11.1 Å². The van der Waals surface area contributed by atoms with Crippen LogP contribution < -0.4 is 0 Å². The van der Waals surface area contributed by atoms with Gasteiger partial charge in [0, 0.05) is 14.1 Å². The Morgan fingerprint density at radius 3 is 2.77 bits per heavy atom. The van der Waals surface area contributed by atoms with Crippen LogP contribution in [0.3, 0.4) is 0 Å². The van der Waals surface area contributed by atoms with Crippen LogP contribution in [0.2, 0.25) is 5.15 Å². The molecule has 0 amide bonds. The second-order valence-electron chi connectivity index (χ2n) is 5.58. The van der Waals surface area contributed by atoms with Crippen LogP contribution >= 0.6 is 11.6 Å². The fourth-order valence-corrected chi connectivity index (χ4v) is 4.73. The molecule has 0 unspecified atom stereocenters. The summed E-state index contributed by atoms with van der Waals surface area (Å²) in [4.78, 5) is 3.96. The smallest absolute Gasteiger partial charge is 0.263 e. The Morgan fingerprint density at radius 2 is 2.09 bits per heavy atom. The molecule has 0 N–H and O–H groups in total. The molecule has 0 bridgehead atoms. The number of imidazole rings is 1. The Kier molecular flexibility index (Phi) is 4.01. The molecule has 0 radical (unpaired) electrons. The van der Waals surface area contributed by atoms with E-state index in [1.54, 1.807) is 14.1 Å². The molecule has 1 aromatic heterocycles. The zero-order valence-corrected chi connectivity index (χ0v) is 14.1. The molecular weight excluding hydrogens is 322 g/mol. The van der Waals surface area contributed by atoms with Crippen molar-refractivity contribution >= 4 is 21.6 Å². The summed E-state index contributed by atoms with van der Waals surface area (Å²) in [5, 5.41) is 0.0539. The average molecular weight is 340 g/mol. The van der Waals surface area contributed by atoms with Crippen molar-refractivity contribution < 1.29 is 8.42 Å². The lowest BCUT2D eigenvalue weighted by Gasteiger charge is -2.32. The van der Waals surface area contributed by atoms with Crippen molar-refractivity contribution in [1.29, 1.82) is 0 Å². The van der Waals surface area contributed by atoms with Crippen molar-refractivity contribution in [2.45, 2.75) is 30.3 Å². The van der Waals surface area contributed by atoms with Crippen LogP contribution in [0, 0.1) is 0 Å². The zero-order chi connectivity index (χ0) is 15.9. The SMILES string of the molecule is CN([C@@H]1CCCc2ccccc21)S(=O)(=O)c1ncn(C)c1Cl. The van der Waals surface area contributed by atoms with E-state index in [0.717, 1.165) is 24.8 Å². The summed E-state index contributed by atoms with van der Waals surface area (Å²) >= 11 is 6.07. The van der Waals surface area contributed by atoms with Gasteiger partial charge in [-0.1, -0.05) is 35.9 Å². The van der Waals surface area contributed by atoms with E-state index >= 15 is 0 Å². The molecule has 5 nitrogen and oxygen atoms in total. The number of sulfonamides is 1. The Bertz CT molecular complexity index is 801. The maximum Gasteiger partial charge on any atom is 0.263 e. The van der Waals surface area contributed by atoms with Gasteiger partial charge in [-0.3, -0.25) is 0 Å². The molecule has 1 aliphatic rings. The normalized spacial score (nSPS) is 18.5. The molecule has 0 fully saturated rings. The number of halogens is 1. The second kappa shape index (κ2) is 5.68. The molecule has 2 aromatic rings. The lowest BCUT2D eigenvalue weighted by Crippen LogP contribution is -2.33. The molecule has 22 heavy (non-hydrogen) atoms. The molecular formula is C15H18ClN3O2S. The Labute approximate surface area is 135 Å². The number of fused-ring (bicyclic) bond motifs is 1. The minimum atomic E-state index is -3.72. The summed E-state index contributed by atoms with van der Waals surface area (Å²) < 4.78 is 28.6. The van der Waals surface area contributed by atoms with Crippen LogP contribution in [0.5, 0.6) is 0 Å². The summed E-state index contributed by atoms with van der Waals surface area (Å²) in [5.74, 6) is 0. The van der Waals surface area contributed by atoms with Crippen LogP contribution in [0.25, 0.3) is 0 Å². The van der Waals surface area contributed by atoms with Crippen molar-refractivity contribution in [2.75, 3.05) is 7.05 Å². The van der Waals surface area contributed by atoms with E-state index in [0.29, 0.717) is 0 Å². The van der Waals surface area contributed by atoms with Gasteiger partial charge in [-0.15, -0.1) is 0 Å². The van der Waals surface area contributed by atoms with E-state index in [1.165, 1.54) is 20.8 Å². The van der Waals surface area contributed by atoms with Gasteiger partial charge in [0.2, 0.25) is 5.03 Å². The standard InChI is InChI=1S/C15H18ClN3O2S/c1-18-10-17-15(14(18)16)22(20,21)19(2)13-9-5-7-11-6-3-4-8-12(11)13/h3-4,6,8,10,13H,5,7,9H2,1-2H3/t13-/m1/s1. The van der Waals surface area contributed by atoms with Crippen LogP contribution in [0.4, 0.5) is 0 Å². The zero-order valence-electron chi connectivity index (χ0n) is 12.5. The molecule has 1 aromatic carbocycles. The molecule has 3 rings (SSSR count). The van der Waals surface area contributed by atoms with Crippen molar-refractivity contribution in [3.63, 3.8) is 0 Å². The van der Waals surface area contributed by atoms with Gasteiger partial charge < -0.3 is 4.57 Å². The van der Waals surface area contributed by atoms with Gasteiger partial charge in [0.05, 0.1) is 12.4 Å². The number of nitrogens with zero attached hydrogens (tertiary/aromatic N) is 3. The monoisotopic (exact) mass is 339 g/mol.